The Hall–Kier alpha value is -2.18. The van der Waals surface area contributed by atoms with Crippen molar-refractivity contribution in [3.05, 3.63) is 59.2 Å². The van der Waals surface area contributed by atoms with Gasteiger partial charge in [-0.2, -0.15) is 0 Å². The van der Waals surface area contributed by atoms with Gasteiger partial charge in [-0.05, 0) is 62.1 Å². The summed E-state index contributed by atoms with van der Waals surface area (Å²) in [6.07, 6.45) is 7.06. The van der Waals surface area contributed by atoms with Crippen LogP contribution < -0.4 is 9.80 Å². The minimum atomic E-state index is -1.06. The summed E-state index contributed by atoms with van der Waals surface area (Å²) >= 11 is 0. The van der Waals surface area contributed by atoms with Crippen molar-refractivity contribution in [2.45, 2.75) is 103 Å². The third-order valence-electron chi connectivity index (χ3n) is 8.21. The van der Waals surface area contributed by atoms with Gasteiger partial charge in [-0.25, -0.2) is 8.78 Å². The molecule has 212 valence electrons. The summed E-state index contributed by atoms with van der Waals surface area (Å²) in [7, 11) is 0. The molecule has 1 aliphatic rings. The first-order valence-electron chi connectivity index (χ1n) is 14.8. The largest absolute Gasteiger partial charge is 0.392 e. The molecule has 0 aliphatic heterocycles. The Morgan fingerprint density at radius 1 is 0.605 bits per heavy atom. The first kappa shape index (κ1) is 30.4. The Balaban J connectivity index is 1.69. The normalized spacial score (nSPS) is 20.8. The fourth-order valence-corrected chi connectivity index (χ4v) is 5.81. The molecule has 4 nitrogen and oxygen atoms in total. The number of aliphatic hydroxyl groups is 2. The fraction of sp³-hybridized carbons (Fsp3) is 0.625. The molecule has 2 aromatic rings. The quantitative estimate of drug-likeness (QED) is 0.222. The minimum Gasteiger partial charge on any atom is -0.392 e. The highest BCUT2D eigenvalue weighted by atomic mass is 19.1. The van der Waals surface area contributed by atoms with Crippen molar-refractivity contribution in [1.82, 2.24) is 0 Å². The Bertz CT molecular complexity index is 914. The zero-order valence-electron chi connectivity index (χ0n) is 23.8. The molecule has 38 heavy (non-hydrogen) atoms. The van der Waals surface area contributed by atoms with Crippen molar-refractivity contribution in [3.8, 4) is 0 Å². The molecule has 2 aromatic carbocycles. The molecular formula is C32H48F2N2O2. The van der Waals surface area contributed by atoms with Gasteiger partial charge in [-0.1, -0.05) is 64.5 Å². The number of hydrogen-bond acceptors (Lipinski definition) is 4. The maximum absolute atomic E-state index is 15.2. The highest BCUT2D eigenvalue weighted by Crippen LogP contribution is 2.49. The van der Waals surface area contributed by atoms with E-state index in [1.807, 2.05) is 12.1 Å². The third kappa shape index (κ3) is 7.06. The van der Waals surface area contributed by atoms with E-state index in [1.165, 1.54) is 37.8 Å². The van der Waals surface area contributed by atoms with Crippen molar-refractivity contribution in [2.75, 3.05) is 36.0 Å². The van der Waals surface area contributed by atoms with Gasteiger partial charge in [0.1, 0.15) is 11.6 Å². The predicted molar refractivity (Wildman–Crippen MR) is 154 cm³/mol. The molecule has 0 atom stereocenters. The van der Waals surface area contributed by atoms with Crippen LogP contribution in [0.1, 0.15) is 102 Å². The van der Waals surface area contributed by atoms with Crippen LogP contribution in [-0.4, -0.2) is 48.6 Å². The standard InChI is InChI=1S/C32H48F2N2O2/c1-5-9-11-13-19-35(7-3)23-15-17-25(27(33)21-23)29-31(37)30(32(29)38)26-18-16-24(22-28(26)34)36(8-4)20-14-12-10-6-2/h15-18,21-22,29-32,37-38H,5-14,19-20H2,1-4H3. The Kier molecular flexibility index (Phi) is 11.9. The van der Waals surface area contributed by atoms with E-state index in [0.29, 0.717) is 0 Å². The van der Waals surface area contributed by atoms with Crippen LogP contribution in [0, 0.1) is 11.6 Å². The molecule has 0 spiro atoms. The summed E-state index contributed by atoms with van der Waals surface area (Å²) in [5, 5.41) is 21.9. The molecule has 6 heteroatoms. The second kappa shape index (κ2) is 14.8. The Morgan fingerprint density at radius 2 is 1.00 bits per heavy atom. The SMILES string of the molecule is CCCCCCN(CC)c1ccc(C2C(O)C(c3ccc(N(CC)CCCCCC)cc3F)C2O)c(F)c1. The lowest BCUT2D eigenvalue weighted by atomic mass is 9.63. The van der Waals surface area contributed by atoms with Crippen LogP contribution in [-0.2, 0) is 0 Å². The van der Waals surface area contributed by atoms with E-state index in [4.69, 9.17) is 0 Å². The lowest BCUT2D eigenvalue weighted by molar-refractivity contribution is -0.0806. The van der Waals surface area contributed by atoms with Crippen molar-refractivity contribution in [2.24, 2.45) is 0 Å². The van der Waals surface area contributed by atoms with Gasteiger partial charge in [-0.15, -0.1) is 0 Å². The highest BCUT2D eigenvalue weighted by Gasteiger charge is 2.52. The van der Waals surface area contributed by atoms with Gasteiger partial charge in [0.05, 0.1) is 12.2 Å². The van der Waals surface area contributed by atoms with E-state index in [0.717, 1.165) is 63.2 Å². The second-order valence-electron chi connectivity index (χ2n) is 10.7. The molecule has 2 N–H and O–H groups in total. The number of aliphatic hydroxyl groups excluding tert-OH is 2. The number of nitrogens with zero attached hydrogens (tertiary/aromatic N) is 2. The maximum Gasteiger partial charge on any atom is 0.128 e. The average molecular weight is 531 g/mol. The molecule has 1 fully saturated rings. The van der Waals surface area contributed by atoms with Crippen LogP contribution in [0.25, 0.3) is 0 Å². The van der Waals surface area contributed by atoms with E-state index >= 15 is 8.78 Å². The van der Waals surface area contributed by atoms with E-state index in [9.17, 15) is 10.2 Å². The smallest absolute Gasteiger partial charge is 0.128 e. The molecule has 3 rings (SSSR count). The van der Waals surface area contributed by atoms with Gasteiger partial charge in [0, 0.05) is 49.4 Å². The van der Waals surface area contributed by atoms with Gasteiger partial charge in [0.15, 0.2) is 0 Å². The summed E-state index contributed by atoms with van der Waals surface area (Å²) in [5.74, 6) is -2.43. The summed E-state index contributed by atoms with van der Waals surface area (Å²) in [6, 6.07) is 10.1. The molecule has 0 amide bonds. The molecule has 1 aliphatic carbocycles. The molecule has 0 saturated heterocycles. The molecular weight excluding hydrogens is 482 g/mol. The highest BCUT2D eigenvalue weighted by molar-refractivity contribution is 5.52. The van der Waals surface area contributed by atoms with Gasteiger partial charge < -0.3 is 20.0 Å². The summed E-state index contributed by atoms with van der Waals surface area (Å²) in [5.41, 5.74) is 2.19. The topological polar surface area (TPSA) is 46.9 Å². The first-order chi connectivity index (χ1) is 18.4. The van der Waals surface area contributed by atoms with Crippen LogP contribution in [0.5, 0.6) is 0 Å². The lowest BCUT2D eigenvalue weighted by Gasteiger charge is -2.47. The van der Waals surface area contributed by atoms with Crippen molar-refractivity contribution >= 4 is 11.4 Å². The minimum absolute atomic E-state index is 0.285. The Labute approximate surface area is 228 Å². The van der Waals surface area contributed by atoms with E-state index in [2.05, 4.69) is 37.5 Å². The molecule has 0 heterocycles. The number of halogens is 2. The fourth-order valence-electron chi connectivity index (χ4n) is 5.81. The first-order valence-corrected chi connectivity index (χ1v) is 14.8. The van der Waals surface area contributed by atoms with Gasteiger partial charge in [0.25, 0.3) is 0 Å². The van der Waals surface area contributed by atoms with Crippen LogP contribution >= 0.6 is 0 Å². The molecule has 1 saturated carbocycles. The number of anilines is 2. The third-order valence-corrected chi connectivity index (χ3v) is 8.21. The molecule has 0 bridgehead atoms. The van der Waals surface area contributed by atoms with Crippen molar-refractivity contribution < 1.29 is 19.0 Å². The number of hydrogen-bond donors (Lipinski definition) is 2. The Morgan fingerprint density at radius 3 is 1.32 bits per heavy atom. The van der Waals surface area contributed by atoms with Crippen LogP contribution in [0.2, 0.25) is 0 Å². The maximum atomic E-state index is 15.2. The van der Waals surface area contributed by atoms with Crippen molar-refractivity contribution in [1.29, 1.82) is 0 Å². The lowest BCUT2D eigenvalue weighted by Crippen LogP contribution is -2.52. The number of benzene rings is 2. The molecule has 0 aromatic heterocycles. The van der Waals surface area contributed by atoms with Crippen molar-refractivity contribution in [3.63, 3.8) is 0 Å². The molecule has 0 unspecified atom stereocenters. The van der Waals surface area contributed by atoms with Gasteiger partial charge >= 0.3 is 0 Å². The number of unbranched alkanes of at least 4 members (excludes halogenated alkanes) is 6. The average Bonchev–Trinajstić information content (AvgIpc) is 2.91. The monoisotopic (exact) mass is 530 g/mol. The zero-order valence-corrected chi connectivity index (χ0v) is 23.8. The summed E-state index contributed by atoms with van der Waals surface area (Å²) in [6.45, 7) is 11.8. The summed E-state index contributed by atoms with van der Waals surface area (Å²) in [4.78, 5) is 4.30. The van der Waals surface area contributed by atoms with E-state index in [1.54, 1.807) is 12.1 Å². The van der Waals surface area contributed by atoms with Gasteiger partial charge in [-0.3, -0.25) is 0 Å². The van der Waals surface area contributed by atoms with Crippen LogP contribution in [0.3, 0.4) is 0 Å². The van der Waals surface area contributed by atoms with E-state index < -0.39 is 35.7 Å². The van der Waals surface area contributed by atoms with Crippen LogP contribution in [0.15, 0.2) is 36.4 Å². The van der Waals surface area contributed by atoms with E-state index in [-0.39, 0.29) is 11.1 Å². The van der Waals surface area contributed by atoms with Crippen LogP contribution in [0.4, 0.5) is 20.2 Å². The second-order valence-corrected chi connectivity index (χ2v) is 10.7. The summed E-state index contributed by atoms with van der Waals surface area (Å²) < 4.78 is 30.4. The van der Waals surface area contributed by atoms with Gasteiger partial charge in [0.2, 0.25) is 0 Å². The molecule has 0 radical (unpaired) electrons. The predicted octanol–water partition coefficient (Wildman–Crippen LogP) is 7.38. The number of rotatable bonds is 16. The zero-order chi connectivity index (χ0) is 27.7.